The van der Waals surface area contributed by atoms with Gasteiger partial charge in [0.25, 0.3) is 0 Å². The van der Waals surface area contributed by atoms with E-state index in [4.69, 9.17) is 0 Å². The quantitative estimate of drug-likeness (QED) is 0.304. The van der Waals surface area contributed by atoms with Crippen LogP contribution in [0.3, 0.4) is 0 Å². The molecule has 0 nitrogen and oxygen atoms in total. The van der Waals surface area contributed by atoms with Crippen molar-refractivity contribution in [2.75, 3.05) is 0 Å². The summed E-state index contributed by atoms with van der Waals surface area (Å²) in [5.41, 5.74) is 7.13. The Kier molecular flexibility index (Phi) is 7.80. The molecule has 0 heterocycles. The monoisotopic (exact) mass is 390 g/mol. The van der Waals surface area contributed by atoms with Gasteiger partial charge < -0.3 is 0 Å². The molecule has 0 aliphatic carbocycles. The first-order valence-electron chi connectivity index (χ1n) is 10.5. The maximum Gasteiger partial charge on any atom is 0.0296 e. The molecule has 1 atom stereocenters. The van der Waals surface area contributed by atoms with Crippen molar-refractivity contribution in [3.8, 4) is 0 Å². The van der Waals surface area contributed by atoms with Gasteiger partial charge in [-0.2, -0.15) is 0 Å². The first kappa shape index (κ1) is 21.3. The lowest BCUT2D eigenvalue weighted by Gasteiger charge is -2.23. The summed E-state index contributed by atoms with van der Waals surface area (Å²) in [6.45, 7) is 13.2. The van der Waals surface area contributed by atoms with Crippen molar-refractivity contribution in [1.82, 2.24) is 0 Å². The molecule has 150 valence electrons. The molecule has 0 aromatic heterocycles. The van der Waals surface area contributed by atoms with E-state index < -0.39 is 0 Å². The zero-order valence-electron chi connectivity index (χ0n) is 17.6. The molecule has 0 aliphatic heterocycles. The average molecular weight is 391 g/mol. The number of allylic oxidation sites excluding steroid dienone is 4. The van der Waals surface area contributed by atoms with Crippen LogP contribution in [0.4, 0.5) is 0 Å². The van der Waals surface area contributed by atoms with Gasteiger partial charge in [-0.3, -0.25) is 0 Å². The van der Waals surface area contributed by atoms with Crippen LogP contribution in [0.5, 0.6) is 0 Å². The van der Waals surface area contributed by atoms with Gasteiger partial charge in [0.1, 0.15) is 0 Å². The molecular formula is C30H30. The van der Waals surface area contributed by atoms with Gasteiger partial charge in [0, 0.05) is 5.92 Å². The van der Waals surface area contributed by atoms with Crippen LogP contribution in [-0.4, -0.2) is 0 Å². The van der Waals surface area contributed by atoms with E-state index in [1.165, 1.54) is 22.3 Å². The van der Waals surface area contributed by atoms with Gasteiger partial charge in [-0.1, -0.05) is 134 Å². The van der Waals surface area contributed by atoms with E-state index in [2.05, 4.69) is 111 Å². The summed E-state index contributed by atoms with van der Waals surface area (Å²) >= 11 is 0. The van der Waals surface area contributed by atoms with E-state index in [1.54, 1.807) is 0 Å². The largest absolute Gasteiger partial charge is 0.0995 e. The highest BCUT2D eigenvalue weighted by Crippen LogP contribution is 2.38. The highest BCUT2D eigenvalue weighted by Gasteiger charge is 2.19. The summed E-state index contributed by atoms with van der Waals surface area (Å²) in [7, 11) is 0. The standard InChI is InChI=1S/C30H30/c1-24(14-13-17-27-15-7-4-8-16-27)22-23-25(2)30(29-20-11-6-12-21-29)26(3)28-18-9-5-10-19-28/h4-13,15-21,30H,1-3,14,22-23H2/b17-13+. The zero-order chi connectivity index (χ0) is 21.2. The fourth-order valence-corrected chi connectivity index (χ4v) is 3.66. The highest BCUT2D eigenvalue weighted by molar-refractivity contribution is 5.72. The van der Waals surface area contributed by atoms with Gasteiger partial charge in [-0.05, 0) is 41.5 Å². The first-order valence-corrected chi connectivity index (χ1v) is 10.5. The van der Waals surface area contributed by atoms with Crippen LogP contribution in [0, 0.1) is 0 Å². The summed E-state index contributed by atoms with van der Waals surface area (Å²) in [6, 6.07) is 31.3. The van der Waals surface area contributed by atoms with Crippen LogP contribution in [0.1, 0.15) is 41.9 Å². The number of benzene rings is 3. The Labute approximate surface area is 181 Å². The summed E-state index contributed by atoms with van der Waals surface area (Å²) in [5, 5.41) is 0. The van der Waals surface area contributed by atoms with Gasteiger partial charge in [0.15, 0.2) is 0 Å². The predicted molar refractivity (Wildman–Crippen MR) is 132 cm³/mol. The van der Waals surface area contributed by atoms with Crippen LogP contribution in [0.2, 0.25) is 0 Å². The third-order valence-corrected chi connectivity index (χ3v) is 5.35. The van der Waals surface area contributed by atoms with Crippen molar-refractivity contribution in [3.63, 3.8) is 0 Å². The van der Waals surface area contributed by atoms with Crippen molar-refractivity contribution in [1.29, 1.82) is 0 Å². The van der Waals surface area contributed by atoms with E-state index in [-0.39, 0.29) is 5.92 Å². The number of hydrogen-bond donors (Lipinski definition) is 0. The minimum absolute atomic E-state index is 0.112. The molecule has 0 aliphatic rings. The zero-order valence-corrected chi connectivity index (χ0v) is 17.6. The highest BCUT2D eigenvalue weighted by atomic mass is 14.2. The first-order chi connectivity index (χ1) is 14.6. The molecule has 0 saturated carbocycles. The van der Waals surface area contributed by atoms with E-state index in [0.717, 1.165) is 30.4 Å². The molecule has 0 saturated heterocycles. The Morgan fingerprint density at radius 2 is 1.27 bits per heavy atom. The van der Waals surface area contributed by atoms with Crippen molar-refractivity contribution < 1.29 is 0 Å². The molecule has 3 aromatic carbocycles. The van der Waals surface area contributed by atoms with E-state index >= 15 is 0 Å². The molecule has 0 heteroatoms. The Morgan fingerprint density at radius 1 is 0.700 bits per heavy atom. The lowest BCUT2D eigenvalue weighted by atomic mass is 9.81. The number of hydrogen-bond acceptors (Lipinski definition) is 0. The maximum atomic E-state index is 4.46. The third-order valence-electron chi connectivity index (χ3n) is 5.35. The molecule has 0 spiro atoms. The smallest absolute Gasteiger partial charge is 0.0296 e. The molecule has 3 aromatic rings. The lowest BCUT2D eigenvalue weighted by molar-refractivity contribution is 0.842. The van der Waals surface area contributed by atoms with Crippen LogP contribution < -0.4 is 0 Å². The van der Waals surface area contributed by atoms with Gasteiger partial charge in [0.05, 0.1) is 0 Å². The second-order valence-electron chi connectivity index (χ2n) is 7.66. The Balaban J connectivity index is 1.64. The molecule has 3 rings (SSSR count). The third kappa shape index (κ3) is 6.06. The summed E-state index contributed by atoms with van der Waals surface area (Å²) in [5.74, 6) is 0.112. The van der Waals surface area contributed by atoms with Crippen LogP contribution >= 0.6 is 0 Å². The number of rotatable bonds is 10. The van der Waals surface area contributed by atoms with Crippen molar-refractivity contribution in [2.45, 2.75) is 25.2 Å². The van der Waals surface area contributed by atoms with Crippen molar-refractivity contribution in [2.24, 2.45) is 0 Å². The SMILES string of the molecule is C=C(C/C=C/c1ccccc1)CCC(=C)C(C(=C)c1ccccc1)c1ccccc1. The molecule has 30 heavy (non-hydrogen) atoms. The fourth-order valence-electron chi connectivity index (χ4n) is 3.66. The van der Waals surface area contributed by atoms with Crippen LogP contribution in [-0.2, 0) is 0 Å². The topological polar surface area (TPSA) is 0 Å². The van der Waals surface area contributed by atoms with Gasteiger partial charge in [-0.25, -0.2) is 0 Å². The van der Waals surface area contributed by atoms with E-state index in [9.17, 15) is 0 Å². The Morgan fingerprint density at radius 3 is 1.90 bits per heavy atom. The molecule has 0 fully saturated rings. The summed E-state index contributed by atoms with van der Waals surface area (Å²) < 4.78 is 0. The predicted octanol–water partition coefficient (Wildman–Crippen LogP) is 8.48. The lowest BCUT2D eigenvalue weighted by Crippen LogP contribution is -2.05. The van der Waals surface area contributed by atoms with Gasteiger partial charge in [0.2, 0.25) is 0 Å². The normalized spacial score (nSPS) is 11.9. The average Bonchev–Trinajstić information content (AvgIpc) is 2.80. The molecule has 0 amide bonds. The second-order valence-corrected chi connectivity index (χ2v) is 7.66. The maximum absolute atomic E-state index is 4.46. The fraction of sp³-hybridized carbons (Fsp3) is 0.133. The summed E-state index contributed by atoms with van der Waals surface area (Å²) in [6.07, 6.45) is 7.08. The molecule has 0 radical (unpaired) electrons. The molecule has 0 bridgehead atoms. The van der Waals surface area contributed by atoms with Crippen molar-refractivity contribution in [3.05, 3.63) is 145 Å². The van der Waals surface area contributed by atoms with Crippen molar-refractivity contribution >= 4 is 11.6 Å². The van der Waals surface area contributed by atoms with Gasteiger partial charge in [-0.15, -0.1) is 0 Å². The second kappa shape index (κ2) is 11.0. The molecule has 0 N–H and O–H groups in total. The molecule has 1 unspecified atom stereocenters. The van der Waals surface area contributed by atoms with Crippen LogP contribution in [0.15, 0.2) is 128 Å². The van der Waals surface area contributed by atoms with E-state index in [0.29, 0.717) is 0 Å². The minimum Gasteiger partial charge on any atom is -0.0995 e. The van der Waals surface area contributed by atoms with Crippen LogP contribution in [0.25, 0.3) is 11.6 Å². The Bertz CT molecular complexity index is 992. The molecular weight excluding hydrogens is 360 g/mol. The van der Waals surface area contributed by atoms with E-state index in [1.807, 2.05) is 12.1 Å². The minimum atomic E-state index is 0.112. The summed E-state index contributed by atoms with van der Waals surface area (Å²) in [4.78, 5) is 0. The Hall–Kier alpha value is -3.38. The van der Waals surface area contributed by atoms with Gasteiger partial charge >= 0.3 is 0 Å².